The van der Waals surface area contributed by atoms with E-state index in [0.717, 1.165) is 0 Å². The average Bonchev–Trinajstić information content (AvgIpc) is 1.88. The van der Waals surface area contributed by atoms with Crippen molar-refractivity contribution in [2.75, 3.05) is 0 Å². The molecule has 72 valence electrons. The maximum absolute atomic E-state index is 9.10. The Labute approximate surface area is 103 Å². The molecule has 0 unspecified atom stereocenters. The van der Waals surface area contributed by atoms with Crippen LogP contribution in [0.1, 0.15) is 0 Å². The third-order valence-electron chi connectivity index (χ3n) is 0.358. The summed E-state index contributed by atoms with van der Waals surface area (Å²) >= 11 is 0. The minimum Gasteiger partial charge on any atom is -0.539 e. The molecule has 3 N–H and O–H groups in total. The number of rotatable bonds is 0. The van der Waals surface area contributed by atoms with Gasteiger partial charge in [0, 0.05) is 39.9 Å². The van der Waals surface area contributed by atoms with E-state index in [1.807, 2.05) is 0 Å². The van der Waals surface area contributed by atoms with E-state index in [2.05, 4.69) is 0 Å². The molecule has 9 heteroatoms. The van der Waals surface area contributed by atoms with Crippen molar-refractivity contribution in [1.29, 1.82) is 0 Å². The Morgan fingerprint density at radius 2 is 0.923 bits per heavy atom. The van der Waals surface area contributed by atoms with Gasteiger partial charge in [-0.25, -0.2) is 14.4 Å². The normalized spacial score (nSPS) is 6.77. The second-order valence-electron chi connectivity index (χ2n) is 1.20. The monoisotopic (exact) mass is 411 g/mol. The van der Waals surface area contributed by atoms with Crippen LogP contribution >= 0.6 is 0 Å². The molecule has 0 saturated heterocycles. The van der Waals surface area contributed by atoms with Crippen molar-refractivity contribution < 1.29 is 79.5 Å². The second kappa shape index (κ2) is 9.29. The molecule has 0 fully saturated rings. The summed E-state index contributed by atoms with van der Waals surface area (Å²) < 4.78 is 0. The van der Waals surface area contributed by atoms with Crippen molar-refractivity contribution in [2.24, 2.45) is 0 Å². The predicted molar refractivity (Wildman–Crippen MR) is 27.9 cm³/mol. The second-order valence-corrected chi connectivity index (χ2v) is 1.20. The number of carboxylic acid groups (broad SMARTS) is 4. The van der Waals surface area contributed by atoms with Gasteiger partial charge in [0.1, 0.15) is 0 Å². The van der Waals surface area contributed by atoms with E-state index in [-0.39, 0.29) is 39.9 Å². The van der Waals surface area contributed by atoms with E-state index in [0.29, 0.717) is 0 Å². The molecule has 0 aromatic rings. The third-order valence-corrected chi connectivity index (χ3v) is 0.358. The summed E-state index contributed by atoms with van der Waals surface area (Å²) in [6, 6.07) is 0. The van der Waals surface area contributed by atoms with E-state index >= 15 is 0 Å². The van der Waals surface area contributed by atoms with Crippen molar-refractivity contribution in [1.82, 2.24) is 0 Å². The number of hydrogen-bond acceptors (Lipinski definition) is 5. The van der Waals surface area contributed by atoms with Crippen LogP contribution in [-0.2, 0) is 19.2 Å². The van der Waals surface area contributed by atoms with Crippen LogP contribution in [0.2, 0.25) is 0 Å². The van der Waals surface area contributed by atoms with Crippen molar-refractivity contribution in [3.63, 3.8) is 0 Å². The van der Waals surface area contributed by atoms with Gasteiger partial charge in [0.2, 0.25) is 0 Å². The number of carbonyl (C=O) groups excluding carboxylic acids is 1. The van der Waals surface area contributed by atoms with Crippen LogP contribution < -0.4 is 5.11 Å². The first kappa shape index (κ1) is 18.1. The molecule has 0 aliphatic rings. The van der Waals surface area contributed by atoms with Gasteiger partial charge in [0.05, 0.1) is 0 Å². The van der Waals surface area contributed by atoms with Gasteiger partial charge >= 0.3 is 17.9 Å². The number of carboxylic acids is 4. The molecular weight excluding hydrogens is 408 g/mol. The van der Waals surface area contributed by atoms with Crippen LogP contribution in [0, 0.1) is 39.9 Å². The minimum atomic E-state index is -2.07. The topological polar surface area (TPSA) is 152 Å². The largest absolute Gasteiger partial charge is 0.539 e. The van der Waals surface area contributed by atoms with Crippen molar-refractivity contribution in [3.8, 4) is 0 Å². The molecule has 0 saturated carbocycles. The number of aliphatic carboxylic acids is 4. The van der Waals surface area contributed by atoms with Crippen molar-refractivity contribution in [3.05, 3.63) is 0 Å². The summed E-state index contributed by atoms with van der Waals surface area (Å²) in [6.07, 6.45) is 0. The Hall–Kier alpha value is -0.795. The fourth-order valence-corrected chi connectivity index (χ4v) is 0. The van der Waals surface area contributed by atoms with Crippen LogP contribution in [0.15, 0.2) is 0 Å². The molecule has 0 radical (unpaired) electrons. The van der Waals surface area contributed by atoms with Gasteiger partial charge in [-0.15, -0.1) is 0 Å². The molecular formula is C4H3O8Th-. The van der Waals surface area contributed by atoms with E-state index in [1.54, 1.807) is 0 Å². The summed E-state index contributed by atoms with van der Waals surface area (Å²) in [6.45, 7) is 0. The SMILES string of the molecule is O=C(O)C(=O)O.O=C([O-])C(=O)O.[Th]. The maximum atomic E-state index is 9.10. The summed E-state index contributed by atoms with van der Waals surface area (Å²) in [5, 5.41) is 31.1. The molecule has 8 nitrogen and oxygen atoms in total. The Morgan fingerprint density at radius 3 is 0.923 bits per heavy atom. The Balaban J connectivity index is -0.000000143. The molecule has 0 aliphatic heterocycles. The first-order chi connectivity index (χ1) is 5.29. The quantitative estimate of drug-likeness (QED) is 0.356. The molecule has 0 atom stereocenters. The predicted octanol–water partition coefficient (Wildman–Crippen LogP) is -3.02. The van der Waals surface area contributed by atoms with Crippen LogP contribution in [0.4, 0.5) is 0 Å². The number of hydrogen-bond donors (Lipinski definition) is 3. The molecule has 0 aliphatic carbocycles. The first-order valence-electron chi connectivity index (χ1n) is 2.19. The Kier molecular flexibility index (Phi) is 12.9. The Bertz CT molecular complexity index is 172. The van der Waals surface area contributed by atoms with Crippen LogP contribution in [0.25, 0.3) is 0 Å². The first-order valence-corrected chi connectivity index (χ1v) is 2.19. The van der Waals surface area contributed by atoms with E-state index in [1.165, 1.54) is 0 Å². The average molecular weight is 411 g/mol. The summed E-state index contributed by atoms with van der Waals surface area (Å²) in [4.78, 5) is 36.2. The van der Waals surface area contributed by atoms with Gasteiger partial charge in [-0.3, -0.25) is 0 Å². The Morgan fingerprint density at radius 1 is 0.769 bits per heavy atom. The van der Waals surface area contributed by atoms with Crippen molar-refractivity contribution in [2.45, 2.75) is 0 Å². The smallest absolute Gasteiger partial charge is 0.414 e. The van der Waals surface area contributed by atoms with Crippen LogP contribution in [0.3, 0.4) is 0 Å². The molecule has 0 heterocycles. The van der Waals surface area contributed by atoms with E-state index < -0.39 is 23.9 Å². The van der Waals surface area contributed by atoms with Gasteiger partial charge in [0.15, 0.2) is 5.97 Å². The standard InChI is InChI=1S/2C2H2O4.Th/c2*3-1(4)2(5)6;/h2*(H,3,4)(H,5,6);/p-1. The maximum Gasteiger partial charge on any atom is 0.414 e. The molecule has 0 aromatic carbocycles. The van der Waals surface area contributed by atoms with Gasteiger partial charge < -0.3 is 25.2 Å². The third kappa shape index (κ3) is 18.3. The molecule has 13 heavy (non-hydrogen) atoms. The van der Waals surface area contributed by atoms with Gasteiger partial charge in [-0.05, 0) is 0 Å². The van der Waals surface area contributed by atoms with Gasteiger partial charge in [0.25, 0.3) is 0 Å². The molecule has 0 bridgehead atoms. The van der Waals surface area contributed by atoms with Gasteiger partial charge in [-0.1, -0.05) is 0 Å². The minimum absolute atomic E-state index is 0. The number of carbonyl (C=O) groups is 4. The van der Waals surface area contributed by atoms with Gasteiger partial charge in [-0.2, -0.15) is 0 Å². The summed E-state index contributed by atoms with van der Waals surface area (Å²) in [5.74, 6) is -7.66. The zero-order valence-corrected chi connectivity index (χ0v) is 9.99. The van der Waals surface area contributed by atoms with Crippen molar-refractivity contribution >= 4 is 23.9 Å². The van der Waals surface area contributed by atoms with Crippen LogP contribution in [0.5, 0.6) is 0 Å². The molecule has 0 rings (SSSR count). The molecule has 0 amide bonds. The van der Waals surface area contributed by atoms with Crippen LogP contribution in [-0.4, -0.2) is 39.2 Å². The summed E-state index contributed by atoms with van der Waals surface area (Å²) in [5.41, 5.74) is 0. The van der Waals surface area contributed by atoms with E-state index in [4.69, 9.17) is 39.6 Å². The summed E-state index contributed by atoms with van der Waals surface area (Å²) in [7, 11) is 0. The molecule has 0 spiro atoms. The molecule has 0 aromatic heterocycles. The fourth-order valence-electron chi connectivity index (χ4n) is 0. The zero-order valence-electron chi connectivity index (χ0n) is 5.88. The fraction of sp³-hybridized carbons (Fsp3) is 0. The van der Waals surface area contributed by atoms with E-state index in [9.17, 15) is 0 Å². The zero-order chi connectivity index (χ0) is 10.3.